The summed E-state index contributed by atoms with van der Waals surface area (Å²) in [5.41, 5.74) is 1.49. The number of Topliss-reactive ketones (excluding diaryl/α,β-unsaturated/α-hetero) is 1. The number of carbonyl (C=O) groups excluding carboxylic acids is 1. The average molecular weight is 321 g/mol. The Hall–Kier alpha value is -1.81. The number of phenolic OH excluding ortho intramolecular Hbond substituents is 2. The van der Waals surface area contributed by atoms with Crippen LogP contribution in [-0.2, 0) is 0 Å². The standard InChI is InChI=1S/C15H13BrO3/c1-2-10(17)14-13(9-6-4-3-5-7-9)11(18)8-12(19)15(14)16/h3-8,18-19H,2H2,1H3. The maximum absolute atomic E-state index is 12.1. The predicted molar refractivity (Wildman–Crippen MR) is 77.5 cm³/mol. The largest absolute Gasteiger partial charge is 0.507 e. The first-order valence-electron chi connectivity index (χ1n) is 5.89. The number of hydrogen-bond donors (Lipinski definition) is 2. The van der Waals surface area contributed by atoms with Crippen LogP contribution < -0.4 is 0 Å². The van der Waals surface area contributed by atoms with Crippen molar-refractivity contribution in [2.24, 2.45) is 0 Å². The fourth-order valence-corrected chi connectivity index (χ4v) is 2.50. The quantitative estimate of drug-likeness (QED) is 0.836. The Balaban J connectivity index is 2.79. The minimum atomic E-state index is -0.144. The van der Waals surface area contributed by atoms with E-state index in [2.05, 4.69) is 15.9 Å². The first-order valence-corrected chi connectivity index (χ1v) is 6.68. The van der Waals surface area contributed by atoms with Crippen LogP contribution in [0.2, 0.25) is 0 Å². The van der Waals surface area contributed by atoms with Gasteiger partial charge in [0.2, 0.25) is 0 Å². The van der Waals surface area contributed by atoms with Gasteiger partial charge in [-0.2, -0.15) is 0 Å². The lowest BCUT2D eigenvalue weighted by Crippen LogP contribution is -2.02. The second kappa shape index (κ2) is 5.45. The molecule has 0 aromatic heterocycles. The molecule has 3 nitrogen and oxygen atoms in total. The molecule has 0 fully saturated rings. The first-order chi connectivity index (χ1) is 9.06. The molecule has 0 radical (unpaired) electrons. The van der Waals surface area contributed by atoms with Crippen molar-refractivity contribution >= 4 is 21.7 Å². The van der Waals surface area contributed by atoms with Crippen LogP contribution >= 0.6 is 15.9 Å². The molecule has 0 aliphatic carbocycles. The van der Waals surface area contributed by atoms with E-state index in [4.69, 9.17) is 0 Å². The van der Waals surface area contributed by atoms with Crippen molar-refractivity contribution in [3.63, 3.8) is 0 Å². The van der Waals surface area contributed by atoms with Crippen LogP contribution in [0.3, 0.4) is 0 Å². The summed E-state index contributed by atoms with van der Waals surface area (Å²) in [5.74, 6) is -0.394. The fraction of sp³-hybridized carbons (Fsp3) is 0.133. The second-order valence-electron chi connectivity index (χ2n) is 4.12. The number of aromatic hydroxyl groups is 2. The molecule has 0 amide bonds. The van der Waals surface area contributed by atoms with Gasteiger partial charge < -0.3 is 10.2 Å². The zero-order chi connectivity index (χ0) is 14.0. The van der Waals surface area contributed by atoms with E-state index < -0.39 is 0 Å². The van der Waals surface area contributed by atoms with Crippen LogP contribution in [0.1, 0.15) is 23.7 Å². The summed E-state index contributed by atoms with van der Waals surface area (Å²) in [5, 5.41) is 19.8. The zero-order valence-corrected chi connectivity index (χ0v) is 11.9. The second-order valence-corrected chi connectivity index (χ2v) is 4.91. The number of hydrogen-bond acceptors (Lipinski definition) is 3. The van der Waals surface area contributed by atoms with E-state index in [0.29, 0.717) is 22.0 Å². The molecule has 0 aliphatic heterocycles. The molecule has 98 valence electrons. The van der Waals surface area contributed by atoms with Crippen LogP contribution in [0, 0.1) is 0 Å². The molecule has 0 unspecified atom stereocenters. The first kappa shape index (κ1) is 13.6. The lowest BCUT2D eigenvalue weighted by atomic mass is 9.94. The monoisotopic (exact) mass is 320 g/mol. The molecule has 0 bridgehead atoms. The van der Waals surface area contributed by atoms with Crippen molar-refractivity contribution in [3.8, 4) is 22.6 Å². The van der Waals surface area contributed by atoms with Gasteiger partial charge in [0.25, 0.3) is 0 Å². The van der Waals surface area contributed by atoms with Crippen LogP contribution in [0.5, 0.6) is 11.5 Å². The Morgan fingerprint density at radius 1 is 1.16 bits per heavy atom. The molecule has 0 saturated heterocycles. The highest BCUT2D eigenvalue weighted by Crippen LogP contribution is 2.42. The van der Waals surface area contributed by atoms with Crippen LogP contribution in [0.25, 0.3) is 11.1 Å². The summed E-state index contributed by atoms with van der Waals surface area (Å²) >= 11 is 3.22. The number of carbonyl (C=O) groups is 1. The van der Waals surface area contributed by atoms with E-state index in [1.165, 1.54) is 6.07 Å². The van der Waals surface area contributed by atoms with E-state index in [-0.39, 0.29) is 17.3 Å². The van der Waals surface area contributed by atoms with Gasteiger partial charge in [-0.3, -0.25) is 4.79 Å². The third-order valence-electron chi connectivity index (χ3n) is 2.89. The lowest BCUT2D eigenvalue weighted by Gasteiger charge is -2.14. The zero-order valence-electron chi connectivity index (χ0n) is 10.4. The Morgan fingerprint density at radius 2 is 1.79 bits per heavy atom. The Kier molecular flexibility index (Phi) is 3.90. The maximum Gasteiger partial charge on any atom is 0.164 e. The maximum atomic E-state index is 12.1. The summed E-state index contributed by atoms with van der Waals surface area (Å²) in [4.78, 5) is 12.1. The third kappa shape index (κ3) is 2.49. The van der Waals surface area contributed by atoms with Crippen molar-refractivity contribution in [1.82, 2.24) is 0 Å². The van der Waals surface area contributed by atoms with Crippen LogP contribution in [-0.4, -0.2) is 16.0 Å². The minimum absolute atomic E-state index is 0.108. The van der Waals surface area contributed by atoms with Gasteiger partial charge >= 0.3 is 0 Å². The van der Waals surface area contributed by atoms with Gasteiger partial charge in [-0.15, -0.1) is 0 Å². The molecule has 0 spiro atoms. The number of ketones is 1. The molecule has 0 aliphatic rings. The van der Waals surface area contributed by atoms with Gasteiger partial charge in [-0.1, -0.05) is 37.3 Å². The number of halogens is 1. The summed E-state index contributed by atoms with van der Waals surface area (Å²) in [6.07, 6.45) is 0.293. The normalized spacial score (nSPS) is 10.4. The number of phenols is 2. The van der Waals surface area contributed by atoms with Crippen molar-refractivity contribution in [2.45, 2.75) is 13.3 Å². The lowest BCUT2D eigenvalue weighted by molar-refractivity contribution is 0.0987. The molecule has 2 aromatic carbocycles. The Labute approximate surface area is 119 Å². The summed E-state index contributed by atoms with van der Waals surface area (Å²) in [6.45, 7) is 1.74. The fourth-order valence-electron chi connectivity index (χ4n) is 1.97. The van der Waals surface area contributed by atoms with Gasteiger partial charge in [-0.25, -0.2) is 0 Å². The van der Waals surface area contributed by atoms with Gasteiger partial charge in [0.1, 0.15) is 11.5 Å². The van der Waals surface area contributed by atoms with Gasteiger partial charge in [0.05, 0.1) is 4.47 Å². The average Bonchev–Trinajstić information content (AvgIpc) is 2.42. The van der Waals surface area contributed by atoms with E-state index in [0.717, 1.165) is 5.56 Å². The van der Waals surface area contributed by atoms with Crippen molar-refractivity contribution in [1.29, 1.82) is 0 Å². The number of benzene rings is 2. The van der Waals surface area contributed by atoms with E-state index in [1.807, 2.05) is 30.3 Å². The summed E-state index contributed by atoms with van der Waals surface area (Å²) in [7, 11) is 0. The van der Waals surface area contributed by atoms with Gasteiger partial charge in [0, 0.05) is 23.6 Å². The van der Waals surface area contributed by atoms with Crippen molar-refractivity contribution < 1.29 is 15.0 Å². The molecule has 0 saturated carbocycles. The molecule has 0 heterocycles. The molecular weight excluding hydrogens is 308 g/mol. The third-order valence-corrected chi connectivity index (χ3v) is 3.69. The molecule has 2 rings (SSSR count). The molecule has 2 aromatic rings. The molecule has 4 heteroatoms. The Bertz CT molecular complexity index is 621. The summed E-state index contributed by atoms with van der Waals surface area (Å²) < 4.78 is 0.316. The van der Waals surface area contributed by atoms with Crippen molar-refractivity contribution in [2.75, 3.05) is 0 Å². The highest BCUT2D eigenvalue weighted by molar-refractivity contribution is 9.10. The van der Waals surface area contributed by atoms with Gasteiger partial charge in [0.15, 0.2) is 5.78 Å². The van der Waals surface area contributed by atoms with Crippen LogP contribution in [0.4, 0.5) is 0 Å². The van der Waals surface area contributed by atoms with E-state index in [1.54, 1.807) is 6.92 Å². The summed E-state index contributed by atoms with van der Waals surface area (Å²) in [6, 6.07) is 10.4. The molecule has 0 atom stereocenters. The van der Waals surface area contributed by atoms with E-state index >= 15 is 0 Å². The number of rotatable bonds is 3. The highest BCUT2D eigenvalue weighted by atomic mass is 79.9. The minimum Gasteiger partial charge on any atom is -0.507 e. The van der Waals surface area contributed by atoms with Crippen LogP contribution in [0.15, 0.2) is 40.9 Å². The molecule has 19 heavy (non-hydrogen) atoms. The molecule has 2 N–H and O–H groups in total. The predicted octanol–water partition coefficient (Wildman–Crippen LogP) is 4.12. The highest BCUT2D eigenvalue weighted by Gasteiger charge is 2.21. The SMILES string of the molecule is CCC(=O)c1c(Br)c(O)cc(O)c1-c1ccccc1. The van der Waals surface area contributed by atoms with Gasteiger partial charge in [-0.05, 0) is 21.5 Å². The van der Waals surface area contributed by atoms with Crippen molar-refractivity contribution in [3.05, 3.63) is 46.4 Å². The molecular formula is C15H13BrO3. The topological polar surface area (TPSA) is 57.5 Å². The Morgan fingerprint density at radius 3 is 2.37 bits per heavy atom. The smallest absolute Gasteiger partial charge is 0.164 e. The van der Waals surface area contributed by atoms with E-state index in [9.17, 15) is 15.0 Å².